The molecule has 0 saturated heterocycles. The summed E-state index contributed by atoms with van der Waals surface area (Å²) in [5, 5.41) is 0. The van der Waals surface area contributed by atoms with E-state index in [0.29, 0.717) is 17.1 Å². The maximum Gasteiger partial charge on any atom is 0.416 e. The first kappa shape index (κ1) is 17.7. The van der Waals surface area contributed by atoms with Gasteiger partial charge in [0.05, 0.1) is 23.3 Å². The van der Waals surface area contributed by atoms with Crippen LogP contribution in [0.2, 0.25) is 0 Å². The molecular weight excluding hydrogens is 375 g/mol. The Morgan fingerprint density at radius 1 is 1.07 bits per heavy atom. The molecule has 1 aliphatic heterocycles. The number of imidazole rings is 1. The Morgan fingerprint density at radius 2 is 1.85 bits per heavy atom. The molecule has 4 rings (SSSR count). The lowest BCUT2D eigenvalue weighted by atomic mass is 10.1. The molecule has 8 heteroatoms. The summed E-state index contributed by atoms with van der Waals surface area (Å²) in [5.41, 5.74) is 0.0998. The highest BCUT2D eigenvalue weighted by Crippen LogP contribution is 2.49. The third kappa shape index (κ3) is 3.44. The zero-order chi connectivity index (χ0) is 19.0. The van der Waals surface area contributed by atoms with Crippen LogP contribution in [0.1, 0.15) is 12.0 Å². The molecule has 0 unspecified atom stereocenters. The minimum Gasteiger partial charge on any atom is -0.337 e. The second-order valence-electron chi connectivity index (χ2n) is 6.03. The second kappa shape index (κ2) is 6.77. The third-order valence-corrected chi connectivity index (χ3v) is 5.38. The summed E-state index contributed by atoms with van der Waals surface area (Å²) in [5.74, 6) is -0.267. The van der Waals surface area contributed by atoms with Crippen LogP contribution in [-0.2, 0) is 17.5 Å². The maximum absolute atomic E-state index is 13.2. The van der Waals surface area contributed by atoms with Crippen molar-refractivity contribution in [3.8, 4) is 0 Å². The van der Waals surface area contributed by atoms with Crippen molar-refractivity contribution in [1.29, 1.82) is 0 Å². The van der Waals surface area contributed by atoms with Crippen LogP contribution in [0.3, 0.4) is 0 Å². The fourth-order valence-electron chi connectivity index (χ4n) is 2.96. The first-order valence-corrected chi connectivity index (χ1v) is 9.02. The molecule has 0 radical (unpaired) electrons. The number of hydrogen-bond donors (Lipinski definition) is 0. The number of carbonyl (C=O) groups is 1. The van der Waals surface area contributed by atoms with Crippen LogP contribution >= 0.6 is 11.8 Å². The second-order valence-corrected chi connectivity index (χ2v) is 7.11. The van der Waals surface area contributed by atoms with E-state index >= 15 is 0 Å². The van der Waals surface area contributed by atoms with E-state index in [2.05, 4.69) is 4.98 Å². The Hall–Kier alpha value is -2.74. The summed E-state index contributed by atoms with van der Waals surface area (Å²) < 4.78 is 41.3. The van der Waals surface area contributed by atoms with E-state index in [1.54, 1.807) is 35.4 Å². The number of anilines is 2. The van der Waals surface area contributed by atoms with Gasteiger partial charge in [0.2, 0.25) is 5.91 Å². The van der Waals surface area contributed by atoms with Crippen LogP contribution in [0, 0.1) is 0 Å². The molecule has 4 nitrogen and oxygen atoms in total. The van der Waals surface area contributed by atoms with Crippen molar-refractivity contribution in [3.05, 3.63) is 66.7 Å². The molecule has 2 aromatic carbocycles. The van der Waals surface area contributed by atoms with E-state index < -0.39 is 11.7 Å². The molecule has 0 bridgehead atoms. The van der Waals surface area contributed by atoms with Crippen molar-refractivity contribution < 1.29 is 18.0 Å². The number of alkyl halides is 3. The monoisotopic (exact) mass is 389 g/mol. The van der Waals surface area contributed by atoms with Gasteiger partial charge in [-0.25, -0.2) is 4.98 Å². The van der Waals surface area contributed by atoms with E-state index in [9.17, 15) is 18.0 Å². The molecule has 0 atom stereocenters. The number of halogens is 3. The number of rotatable bonds is 3. The van der Waals surface area contributed by atoms with E-state index in [1.165, 1.54) is 22.7 Å². The van der Waals surface area contributed by atoms with Gasteiger partial charge in [-0.1, -0.05) is 23.9 Å². The number of para-hydroxylation sites is 1. The Labute approximate surface area is 157 Å². The average molecular weight is 389 g/mol. The van der Waals surface area contributed by atoms with Gasteiger partial charge in [0, 0.05) is 35.2 Å². The molecule has 2 heterocycles. The Kier molecular flexibility index (Phi) is 4.43. The molecule has 0 spiro atoms. The van der Waals surface area contributed by atoms with Gasteiger partial charge in [-0.3, -0.25) is 9.69 Å². The smallest absolute Gasteiger partial charge is 0.337 e. The molecule has 0 saturated carbocycles. The highest BCUT2D eigenvalue weighted by Gasteiger charge is 2.34. The predicted octanol–water partition coefficient (Wildman–Crippen LogP) is 5.12. The lowest BCUT2D eigenvalue weighted by Crippen LogP contribution is -2.29. The fraction of sp³-hybridized carbons (Fsp3) is 0.158. The molecule has 138 valence electrons. The van der Waals surface area contributed by atoms with Crippen LogP contribution in [0.25, 0.3) is 0 Å². The van der Waals surface area contributed by atoms with Crippen LogP contribution in [0.15, 0.2) is 71.0 Å². The van der Waals surface area contributed by atoms with Gasteiger partial charge in [-0.15, -0.1) is 0 Å². The number of aromatic nitrogens is 2. The van der Waals surface area contributed by atoms with E-state index in [4.69, 9.17) is 0 Å². The summed E-state index contributed by atoms with van der Waals surface area (Å²) in [7, 11) is 0. The number of hydrogen-bond acceptors (Lipinski definition) is 3. The standard InChI is InChI=1S/C19H14F3N3OS/c20-19(21,22)13-5-6-17-15(11-13)25(14-3-1-2-4-16(14)27-17)18(26)7-9-24-10-8-23-12-24/h1-6,8,10-12H,7,9H2. The van der Waals surface area contributed by atoms with Gasteiger partial charge < -0.3 is 4.57 Å². The van der Waals surface area contributed by atoms with Crippen LogP contribution in [-0.4, -0.2) is 15.5 Å². The zero-order valence-corrected chi connectivity index (χ0v) is 14.8. The van der Waals surface area contributed by atoms with E-state index in [1.807, 2.05) is 12.1 Å². The third-order valence-electron chi connectivity index (χ3n) is 4.25. The minimum atomic E-state index is -4.47. The van der Waals surface area contributed by atoms with Gasteiger partial charge in [-0.2, -0.15) is 13.2 Å². The Balaban J connectivity index is 1.73. The highest BCUT2D eigenvalue weighted by atomic mass is 32.2. The fourth-order valence-corrected chi connectivity index (χ4v) is 3.99. The zero-order valence-electron chi connectivity index (χ0n) is 14.0. The molecule has 1 aliphatic rings. The minimum absolute atomic E-state index is 0.144. The molecule has 1 amide bonds. The van der Waals surface area contributed by atoms with E-state index in [-0.39, 0.29) is 18.0 Å². The van der Waals surface area contributed by atoms with Crippen molar-refractivity contribution in [1.82, 2.24) is 9.55 Å². The summed E-state index contributed by atoms with van der Waals surface area (Å²) in [4.78, 5) is 19.8. The molecular formula is C19H14F3N3OS. The summed E-state index contributed by atoms with van der Waals surface area (Å²) in [6.07, 6.45) is 0.626. The van der Waals surface area contributed by atoms with Gasteiger partial charge in [0.25, 0.3) is 0 Å². The molecule has 27 heavy (non-hydrogen) atoms. The lowest BCUT2D eigenvalue weighted by molar-refractivity contribution is -0.137. The number of carbonyl (C=O) groups excluding carboxylic acids is 1. The van der Waals surface area contributed by atoms with Crippen molar-refractivity contribution in [2.75, 3.05) is 4.90 Å². The Morgan fingerprint density at radius 3 is 2.59 bits per heavy atom. The molecule has 0 N–H and O–H groups in total. The normalized spacial score (nSPS) is 13.2. The molecule has 3 aromatic rings. The van der Waals surface area contributed by atoms with Gasteiger partial charge >= 0.3 is 6.18 Å². The predicted molar refractivity (Wildman–Crippen MR) is 96.0 cm³/mol. The summed E-state index contributed by atoms with van der Waals surface area (Å²) >= 11 is 1.36. The first-order valence-electron chi connectivity index (χ1n) is 8.20. The number of nitrogens with zero attached hydrogens (tertiary/aromatic N) is 3. The number of fused-ring (bicyclic) bond motifs is 2. The molecule has 1 aromatic heterocycles. The first-order chi connectivity index (χ1) is 12.9. The van der Waals surface area contributed by atoms with Crippen LogP contribution in [0.4, 0.5) is 24.5 Å². The quantitative estimate of drug-likeness (QED) is 0.624. The SMILES string of the molecule is O=C(CCn1ccnc1)N1c2ccccc2Sc2ccc(C(F)(F)F)cc21. The van der Waals surface area contributed by atoms with Crippen molar-refractivity contribution >= 4 is 29.0 Å². The van der Waals surface area contributed by atoms with Crippen molar-refractivity contribution in [3.63, 3.8) is 0 Å². The largest absolute Gasteiger partial charge is 0.416 e. The number of benzene rings is 2. The topological polar surface area (TPSA) is 38.1 Å². The Bertz CT molecular complexity index is 986. The van der Waals surface area contributed by atoms with Gasteiger partial charge in [-0.05, 0) is 30.3 Å². The van der Waals surface area contributed by atoms with Crippen molar-refractivity contribution in [2.24, 2.45) is 0 Å². The number of aryl methyl sites for hydroxylation is 1. The summed E-state index contributed by atoms with van der Waals surface area (Å²) in [6, 6.07) is 10.7. The van der Waals surface area contributed by atoms with Gasteiger partial charge in [0.1, 0.15) is 0 Å². The molecule has 0 fully saturated rings. The summed E-state index contributed by atoms with van der Waals surface area (Å²) in [6.45, 7) is 0.402. The van der Waals surface area contributed by atoms with Crippen LogP contribution in [0.5, 0.6) is 0 Å². The van der Waals surface area contributed by atoms with Gasteiger partial charge in [0.15, 0.2) is 0 Å². The maximum atomic E-state index is 13.2. The van der Waals surface area contributed by atoms with Crippen molar-refractivity contribution in [2.45, 2.75) is 28.9 Å². The van der Waals surface area contributed by atoms with Crippen LogP contribution < -0.4 is 4.90 Å². The molecule has 0 aliphatic carbocycles. The van der Waals surface area contributed by atoms with E-state index in [0.717, 1.165) is 17.0 Å². The highest BCUT2D eigenvalue weighted by molar-refractivity contribution is 7.99. The number of amides is 1. The lowest BCUT2D eigenvalue weighted by Gasteiger charge is -2.31. The average Bonchev–Trinajstić information content (AvgIpc) is 3.16.